The number of sulfonamides is 1. The van der Waals surface area contributed by atoms with E-state index in [4.69, 9.17) is 0 Å². The van der Waals surface area contributed by atoms with Crippen molar-refractivity contribution in [1.29, 1.82) is 0 Å². The predicted octanol–water partition coefficient (Wildman–Crippen LogP) is 4.60. The number of thiophene rings is 1. The van der Waals surface area contributed by atoms with Gasteiger partial charge in [-0.2, -0.15) is 4.31 Å². The lowest BCUT2D eigenvalue weighted by molar-refractivity contribution is -0.132. The molecule has 0 aliphatic carbocycles. The Bertz CT molecular complexity index is 1140. The molecule has 0 aliphatic heterocycles. The summed E-state index contributed by atoms with van der Waals surface area (Å²) in [5.41, 5.74) is 1.70. The molecule has 3 rings (SSSR count). The third kappa shape index (κ3) is 6.12. The molecule has 8 heteroatoms. The fraction of sp³-hybridized carbons (Fsp3) is 0.208. The first-order valence-corrected chi connectivity index (χ1v) is 12.3. The Morgan fingerprint density at radius 3 is 2.34 bits per heavy atom. The Hall–Kier alpha value is -2.81. The average Bonchev–Trinajstić information content (AvgIpc) is 3.28. The molecule has 0 saturated heterocycles. The van der Waals surface area contributed by atoms with Crippen LogP contribution in [0.4, 0.5) is 4.39 Å². The van der Waals surface area contributed by atoms with Crippen molar-refractivity contribution in [1.82, 2.24) is 9.21 Å². The summed E-state index contributed by atoms with van der Waals surface area (Å²) in [4.78, 5) is 16.0. The number of aryl methyl sites for hydroxylation is 1. The second-order valence-electron chi connectivity index (χ2n) is 7.35. The normalized spacial score (nSPS) is 11.5. The molecule has 1 aromatic heterocycles. The largest absolute Gasteiger partial charge is 0.332 e. The molecule has 1 amide bonds. The summed E-state index contributed by atoms with van der Waals surface area (Å²) in [5, 5.41) is 1.92. The molecule has 0 spiro atoms. The molecule has 0 unspecified atom stereocenters. The summed E-state index contributed by atoms with van der Waals surface area (Å²) in [6, 6.07) is 16.2. The van der Waals surface area contributed by atoms with E-state index in [0.717, 1.165) is 20.3 Å². The van der Waals surface area contributed by atoms with Gasteiger partial charge < -0.3 is 4.90 Å². The summed E-state index contributed by atoms with van der Waals surface area (Å²) in [7, 11) is -3.88. The second kappa shape index (κ2) is 10.7. The van der Waals surface area contributed by atoms with Crippen molar-refractivity contribution < 1.29 is 17.6 Å². The third-order valence-electron chi connectivity index (χ3n) is 4.87. The van der Waals surface area contributed by atoms with Crippen LogP contribution in [-0.2, 0) is 27.9 Å². The van der Waals surface area contributed by atoms with E-state index in [1.807, 2.05) is 24.4 Å². The molecular weight excluding hydrogens is 447 g/mol. The molecule has 0 atom stereocenters. The maximum Gasteiger partial charge on any atom is 0.243 e. The maximum atomic E-state index is 13.3. The number of rotatable bonds is 10. The van der Waals surface area contributed by atoms with Gasteiger partial charge in [-0.05, 0) is 48.2 Å². The maximum absolute atomic E-state index is 13.3. The lowest BCUT2D eigenvalue weighted by atomic mass is 10.2. The highest BCUT2D eigenvalue weighted by Crippen LogP contribution is 2.19. The molecule has 0 radical (unpaired) electrons. The number of hydrogen-bond donors (Lipinski definition) is 0. The van der Waals surface area contributed by atoms with Gasteiger partial charge >= 0.3 is 0 Å². The molecule has 168 valence electrons. The zero-order valence-corrected chi connectivity index (χ0v) is 19.4. The Morgan fingerprint density at radius 2 is 1.75 bits per heavy atom. The van der Waals surface area contributed by atoms with E-state index in [1.54, 1.807) is 29.2 Å². The Balaban J connectivity index is 1.84. The van der Waals surface area contributed by atoms with Gasteiger partial charge in [0.15, 0.2) is 0 Å². The van der Waals surface area contributed by atoms with Crippen LogP contribution in [0, 0.1) is 12.7 Å². The van der Waals surface area contributed by atoms with Crippen molar-refractivity contribution in [3.63, 3.8) is 0 Å². The van der Waals surface area contributed by atoms with Gasteiger partial charge in [-0.15, -0.1) is 17.9 Å². The minimum absolute atomic E-state index is 0.00530. The third-order valence-corrected chi connectivity index (χ3v) is 7.56. The van der Waals surface area contributed by atoms with E-state index < -0.39 is 10.0 Å². The Kier molecular flexibility index (Phi) is 7.95. The van der Waals surface area contributed by atoms with Crippen LogP contribution in [0.25, 0.3) is 0 Å². The molecule has 0 bridgehead atoms. The van der Waals surface area contributed by atoms with Crippen LogP contribution in [0.1, 0.15) is 16.0 Å². The molecule has 0 fully saturated rings. The zero-order chi connectivity index (χ0) is 23.1. The standard InChI is InChI=1S/C24H25FN2O3S2/c1-3-14-27(32(29,30)23-12-6-19(2)7-13-23)18-24(28)26(17-22-5-4-15-31-22)16-20-8-10-21(25)11-9-20/h3-13,15H,1,14,16-18H2,2H3. The van der Waals surface area contributed by atoms with Gasteiger partial charge in [-0.1, -0.05) is 42.0 Å². The Morgan fingerprint density at radius 1 is 1.06 bits per heavy atom. The molecule has 1 heterocycles. The summed E-state index contributed by atoms with van der Waals surface area (Å²) >= 11 is 1.51. The SMILES string of the molecule is C=CCN(CC(=O)N(Cc1ccc(F)cc1)Cc1cccs1)S(=O)(=O)c1ccc(C)cc1. The highest BCUT2D eigenvalue weighted by Gasteiger charge is 2.28. The van der Waals surface area contributed by atoms with Crippen LogP contribution in [0.15, 0.2) is 83.6 Å². The van der Waals surface area contributed by atoms with Crippen molar-refractivity contribution in [2.45, 2.75) is 24.9 Å². The van der Waals surface area contributed by atoms with Crippen molar-refractivity contribution >= 4 is 27.3 Å². The molecule has 0 saturated carbocycles. The molecule has 3 aromatic rings. The lowest BCUT2D eigenvalue weighted by Crippen LogP contribution is -2.42. The summed E-state index contributed by atoms with van der Waals surface area (Å²) in [6.07, 6.45) is 1.46. The number of hydrogen-bond acceptors (Lipinski definition) is 4. The van der Waals surface area contributed by atoms with Crippen molar-refractivity contribution in [2.75, 3.05) is 13.1 Å². The van der Waals surface area contributed by atoms with E-state index >= 15 is 0 Å². The second-order valence-corrected chi connectivity index (χ2v) is 10.3. The van der Waals surface area contributed by atoms with Crippen LogP contribution < -0.4 is 0 Å². The van der Waals surface area contributed by atoms with Crippen LogP contribution in [0.2, 0.25) is 0 Å². The monoisotopic (exact) mass is 472 g/mol. The lowest BCUT2D eigenvalue weighted by Gasteiger charge is -2.26. The minimum atomic E-state index is -3.88. The quantitative estimate of drug-likeness (QED) is 0.405. The van der Waals surface area contributed by atoms with E-state index in [9.17, 15) is 17.6 Å². The van der Waals surface area contributed by atoms with E-state index in [0.29, 0.717) is 6.54 Å². The summed E-state index contributed by atoms with van der Waals surface area (Å²) < 4.78 is 40.8. The average molecular weight is 473 g/mol. The van der Waals surface area contributed by atoms with Gasteiger partial charge in [0.25, 0.3) is 0 Å². The number of carbonyl (C=O) groups is 1. The van der Waals surface area contributed by atoms with E-state index in [1.165, 1.54) is 41.7 Å². The molecule has 5 nitrogen and oxygen atoms in total. The first-order valence-electron chi connectivity index (χ1n) is 10.0. The molecule has 2 aromatic carbocycles. The summed E-state index contributed by atoms with van der Waals surface area (Å²) in [6.45, 7) is 5.77. The first kappa shape index (κ1) is 23.8. The van der Waals surface area contributed by atoms with Crippen LogP contribution >= 0.6 is 11.3 Å². The number of amides is 1. The van der Waals surface area contributed by atoms with Crippen LogP contribution in [0.5, 0.6) is 0 Å². The fourth-order valence-electron chi connectivity index (χ4n) is 3.13. The van der Waals surface area contributed by atoms with Gasteiger partial charge in [0, 0.05) is 18.0 Å². The van der Waals surface area contributed by atoms with Gasteiger partial charge in [0.1, 0.15) is 5.82 Å². The highest BCUT2D eigenvalue weighted by molar-refractivity contribution is 7.89. The van der Waals surface area contributed by atoms with Gasteiger partial charge in [0.05, 0.1) is 18.0 Å². The van der Waals surface area contributed by atoms with Crippen LogP contribution in [-0.4, -0.2) is 36.6 Å². The van der Waals surface area contributed by atoms with Gasteiger partial charge in [-0.25, -0.2) is 12.8 Å². The highest BCUT2D eigenvalue weighted by atomic mass is 32.2. The molecule has 0 aliphatic rings. The van der Waals surface area contributed by atoms with E-state index in [2.05, 4.69) is 6.58 Å². The first-order chi connectivity index (χ1) is 15.3. The zero-order valence-electron chi connectivity index (χ0n) is 17.8. The van der Waals surface area contributed by atoms with Crippen molar-refractivity contribution in [3.05, 3.63) is 101 Å². The molecular formula is C24H25FN2O3S2. The minimum Gasteiger partial charge on any atom is -0.332 e. The number of nitrogens with zero attached hydrogens (tertiary/aromatic N) is 2. The van der Waals surface area contributed by atoms with Crippen molar-refractivity contribution in [3.8, 4) is 0 Å². The van der Waals surface area contributed by atoms with Gasteiger partial charge in [0.2, 0.25) is 15.9 Å². The number of benzene rings is 2. The fourth-order valence-corrected chi connectivity index (χ4v) is 5.21. The molecule has 0 N–H and O–H groups in total. The van der Waals surface area contributed by atoms with Crippen LogP contribution in [0.3, 0.4) is 0 Å². The number of halogens is 1. The van der Waals surface area contributed by atoms with Gasteiger partial charge in [-0.3, -0.25) is 4.79 Å². The smallest absolute Gasteiger partial charge is 0.243 e. The van der Waals surface area contributed by atoms with Crippen molar-refractivity contribution in [2.24, 2.45) is 0 Å². The number of carbonyl (C=O) groups excluding carboxylic acids is 1. The predicted molar refractivity (Wildman–Crippen MR) is 125 cm³/mol. The topological polar surface area (TPSA) is 57.7 Å². The Labute approximate surface area is 192 Å². The summed E-state index contributed by atoms with van der Waals surface area (Å²) in [5.74, 6) is -0.702. The molecule has 32 heavy (non-hydrogen) atoms. The van der Waals surface area contributed by atoms with E-state index in [-0.39, 0.29) is 36.3 Å².